The lowest BCUT2D eigenvalue weighted by Gasteiger charge is -2.34. The number of hydrogen-bond acceptors (Lipinski definition) is 9. The molecule has 0 bridgehead atoms. The lowest BCUT2D eigenvalue weighted by molar-refractivity contribution is -0.208. The summed E-state index contributed by atoms with van der Waals surface area (Å²) in [5.74, 6) is -4.98. The van der Waals surface area contributed by atoms with E-state index in [0.717, 1.165) is 45.6 Å². The van der Waals surface area contributed by atoms with Crippen molar-refractivity contribution in [2.75, 3.05) is 27.4 Å². The van der Waals surface area contributed by atoms with Crippen LogP contribution in [0.2, 0.25) is 0 Å². The van der Waals surface area contributed by atoms with Crippen molar-refractivity contribution in [3.63, 3.8) is 0 Å². The van der Waals surface area contributed by atoms with Crippen molar-refractivity contribution in [1.29, 1.82) is 0 Å². The van der Waals surface area contributed by atoms with E-state index in [1.807, 2.05) is 13.0 Å². The minimum atomic E-state index is -1.89. The Hall–Kier alpha value is -2.26. The molecule has 2 rings (SSSR count). The first-order valence-corrected chi connectivity index (χ1v) is 13.0. The standard InChI is InChI=1S/C27H42O9/c1-6-8-10-14-26(3,36-22-12-9-11-16-35-22)15-13-19-17-20(24(30)32-4)23(29)27(19,25(31)33-5)18-21(28)34-7-2/h13,15,19-20,22H,6-12,14,16-18H2,1-5H3/t19-,20-,22?,26?,27?/m0/s1. The highest BCUT2D eigenvalue weighted by Gasteiger charge is 2.63. The molecule has 0 aromatic heterocycles. The van der Waals surface area contributed by atoms with Crippen LogP contribution in [0.15, 0.2) is 12.2 Å². The van der Waals surface area contributed by atoms with Gasteiger partial charge in [0.15, 0.2) is 12.1 Å². The number of unbranched alkanes of at least 4 members (excludes halogenated alkanes) is 2. The summed E-state index contributed by atoms with van der Waals surface area (Å²) in [5, 5.41) is 0. The normalized spacial score (nSPS) is 28.0. The minimum absolute atomic E-state index is 0.0154. The maximum atomic E-state index is 13.5. The topological polar surface area (TPSA) is 114 Å². The minimum Gasteiger partial charge on any atom is -0.468 e. The lowest BCUT2D eigenvalue weighted by atomic mass is 9.73. The molecule has 0 aromatic carbocycles. The van der Waals surface area contributed by atoms with Crippen LogP contribution >= 0.6 is 0 Å². The first kappa shape index (κ1) is 30.0. The van der Waals surface area contributed by atoms with Gasteiger partial charge in [-0.1, -0.05) is 38.3 Å². The van der Waals surface area contributed by atoms with Crippen molar-refractivity contribution < 1.29 is 42.9 Å². The van der Waals surface area contributed by atoms with Crippen molar-refractivity contribution in [2.24, 2.45) is 17.3 Å². The summed E-state index contributed by atoms with van der Waals surface area (Å²) >= 11 is 0. The number of ketones is 1. The summed E-state index contributed by atoms with van der Waals surface area (Å²) in [4.78, 5) is 51.6. The second-order valence-corrected chi connectivity index (χ2v) is 9.77. The summed E-state index contributed by atoms with van der Waals surface area (Å²) in [6.07, 6.45) is 9.24. The third kappa shape index (κ3) is 7.16. The zero-order valence-electron chi connectivity index (χ0n) is 22.3. The molecule has 1 aliphatic carbocycles. The van der Waals surface area contributed by atoms with Crippen LogP contribution < -0.4 is 0 Å². The second-order valence-electron chi connectivity index (χ2n) is 9.77. The Balaban J connectivity index is 2.45. The summed E-state index contributed by atoms with van der Waals surface area (Å²) < 4.78 is 27.1. The number of esters is 3. The van der Waals surface area contributed by atoms with E-state index >= 15 is 0 Å². The average Bonchev–Trinajstić information content (AvgIpc) is 3.14. The Morgan fingerprint density at radius 1 is 1.14 bits per heavy atom. The van der Waals surface area contributed by atoms with Gasteiger partial charge in [-0.15, -0.1) is 0 Å². The molecule has 9 heteroatoms. The van der Waals surface area contributed by atoms with E-state index in [4.69, 9.17) is 23.7 Å². The number of hydrogen-bond donors (Lipinski definition) is 0. The smallest absolute Gasteiger partial charge is 0.320 e. The summed E-state index contributed by atoms with van der Waals surface area (Å²) in [6, 6.07) is 0. The first-order chi connectivity index (χ1) is 17.2. The number of methoxy groups -OCH3 is 2. The highest BCUT2D eigenvalue weighted by atomic mass is 16.7. The molecular weight excluding hydrogens is 468 g/mol. The molecule has 5 atom stereocenters. The number of Topliss-reactive ketones (excluding diaryl/α,β-unsaturated/α-hetero) is 1. The third-order valence-electron chi connectivity index (χ3n) is 7.14. The average molecular weight is 511 g/mol. The van der Waals surface area contributed by atoms with Crippen molar-refractivity contribution in [2.45, 2.75) is 90.4 Å². The van der Waals surface area contributed by atoms with Gasteiger partial charge in [0.1, 0.15) is 11.3 Å². The highest BCUT2D eigenvalue weighted by Crippen LogP contribution is 2.49. The number of ether oxygens (including phenoxy) is 5. The van der Waals surface area contributed by atoms with E-state index in [2.05, 4.69) is 6.92 Å². The molecule has 2 fully saturated rings. The molecular formula is C27H42O9. The summed E-state index contributed by atoms with van der Waals surface area (Å²) in [7, 11) is 2.35. The van der Waals surface area contributed by atoms with Gasteiger partial charge in [0.2, 0.25) is 0 Å². The molecule has 1 saturated carbocycles. The molecule has 204 valence electrons. The lowest BCUT2D eigenvalue weighted by Crippen LogP contribution is -2.45. The largest absolute Gasteiger partial charge is 0.468 e. The van der Waals surface area contributed by atoms with Crippen LogP contribution in [-0.4, -0.2) is 63.0 Å². The number of rotatable bonds is 13. The number of carbonyl (C=O) groups is 4. The fourth-order valence-corrected chi connectivity index (χ4v) is 5.14. The van der Waals surface area contributed by atoms with E-state index in [-0.39, 0.29) is 19.3 Å². The van der Waals surface area contributed by atoms with E-state index in [9.17, 15) is 19.2 Å². The molecule has 3 unspecified atom stereocenters. The Labute approximate surface area is 214 Å². The zero-order valence-corrected chi connectivity index (χ0v) is 22.3. The zero-order chi connectivity index (χ0) is 26.8. The van der Waals surface area contributed by atoms with Crippen LogP contribution in [0.25, 0.3) is 0 Å². The molecule has 1 aliphatic heterocycles. The maximum Gasteiger partial charge on any atom is 0.320 e. The fraction of sp³-hybridized carbons (Fsp3) is 0.778. The van der Waals surface area contributed by atoms with Gasteiger partial charge in [-0.3, -0.25) is 19.2 Å². The van der Waals surface area contributed by atoms with Crippen LogP contribution in [0.5, 0.6) is 0 Å². The number of carbonyl (C=O) groups excluding carboxylic acids is 4. The van der Waals surface area contributed by atoms with E-state index < -0.39 is 53.0 Å². The number of allylic oxidation sites excluding steroid dienone is 1. The van der Waals surface area contributed by atoms with Crippen molar-refractivity contribution in [3.05, 3.63) is 12.2 Å². The SMILES string of the molecule is CCCCCC(C)(C=C[C@H]1C[C@H](C(=O)OC)C(=O)C1(CC(=O)OCC)C(=O)OC)OC1CCCCO1. The van der Waals surface area contributed by atoms with Crippen LogP contribution in [0.1, 0.15) is 78.6 Å². The summed E-state index contributed by atoms with van der Waals surface area (Å²) in [6.45, 7) is 6.45. The van der Waals surface area contributed by atoms with Crippen LogP contribution in [0, 0.1) is 17.3 Å². The van der Waals surface area contributed by atoms with E-state index in [1.165, 1.54) is 7.11 Å². The Morgan fingerprint density at radius 3 is 2.47 bits per heavy atom. The van der Waals surface area contributed by atoms with Crippen molar-refractivity contribution in [3.8, 4) is 0 Å². The van der Waals surface area contributed by atoms with Gasteiger partial charge in [0, 0.05) is 12.5 Å². The van der Waals surface area contributed by atoms with Crippen LogP contribution in [0.3, 0.4) is 0 Å². The Bertz CT molecular complexity index is 801. The van der Waals surface area contributed by atoms with E-state index in [1.54, 1.807) is 13.0 Å². The third-order valence-corrected chi connectivity index (χ3v) is 7.14. The van der Waals surface area contributed by atoms with Gasteiger partial charge in [-0.05, 0) is 46.0 Å². The van der Waals surface area contributed by atoms with Crippen LogP contribution in [-0.2, 0) is 42.9 Å². The van der Waals surface area contributed by atoms with Gasteiger partial charge in [-0.25, -0.2) is 0 Å². The molecule has 9 nitrogen and oxygen atoms in total. The van der Waals surface area contributed by atoms with Gasteiger partial charge in [0.05, 0.1) is 32.8 Å². The van der Waals surface area contributed by atoms with Gasteiger partial charge in [-0.2, -0.15) is 0 Å². The molecule has 1 heterocycles. The molecule has 0 aromatic rings. The molecule has 0 amide bonds. The van der Waals surface area contributed by atoms with Crippen molar-refractivity contribution in [1.82, 2.24) is 0 Å². The molecule has 0 N–H and O–H groups in total. The van der Waals surface area contributed by atoms with E-state index in [0.29, 0.717) is 13.0 Å². The Morgan fingerprint density at radius 2 is 1.89 bits per heavy atom. The molecule has 0 spiro atoms. The molecule has 1 saturated heterocycles. The molecule has 36 heavy (non-hydrogen) atoms. The van der Waals surface area contributed by atoms with Gasteiger partial charge >= 0.3 is 17.9 Å². The first-order valence-electron chi connectivity index (χ1n) is 13.0. The van der Waals surface area contributed by atoms with Gasteiger partial charge in [0.25, 0.3) is 0 Å². The fourth-order valence-electron chi connectivity index (χ4n) is 5.14. The van der Waals surface area contributed by atoms with Crippen LogP contribution in [0.4, 0.5) is 0 Å². The quantitative estimate of drug-likeness (QED) is 0.120. The predicted octanol–water partition coefficient (Wildman–Crippen LogP) is 3.92. The monoisotopic (exact) mass is 510 g/mol. The predicted molar refractivity (Wildman–Crippen MR) is 131 cm³/mol. The highest BCUT2D eigenvalue weighted by molar-refractivity contribution is 6.15. The van der Waals surface area contributed by atoms with Crippen molar-refractivity contribution >= 4 is 23.7 Å². The molecule has 0 radical (unpaired) electrons. The second kappa shape index (κ2) is 13.9. The van der Waals surface area contributed by atoms with Gasteiger partial charge < -0.3 is 23.7 Å². The summed E-state index contributed by atoms with van der Waals surface area (Å²) in [5.41, 5.74) is -2.61. The maximum absolute atomic E-state index is 13.5. The molecule has 2 aliphatic rings. The Kier molecular flexibility index (Phi) is 11.6.